The number of halogens is 1. The van der Waals surface area contributed by atoms with E-state index in [9.17, 15) is 0 Å². The van der Waals surface area contributed by atoms with Gasteiger partial charge in [-0.25, -0.2) is 9.67 Å². The van der Waals surface area contributed by atoms with Gasteiger partial charge >= 0.3 is 0 Å². The Morgan fingerprint density at radius 2 is 2.07 bits per heavy atom. The highest BCUT2D eigenvalue weighted by atomic mass is 127. The molecule has 4 rings (SSSR count). The third-order valence-electron chi connectivity index (χ3n) is 5.02. The molecule has 0 fully saturated rings. The van der Waals surface area contributed by atoms with Gasteiger partial charge < -0.3 is 10.6 Å². The van der Waals surface area contributed by atoms with Crippen LogP contribution in [0.3, 0.4) is 0 Å². The Balaban J connectivity index is 0.00000225. The maximum atomic E-state index is 4.80. The molecule has 0 amide bonds. The first-order valence-electron chi connectivity index (χ1n) is 9.71. The van der Waals surface area contributed by atoms with Crippen LogP contribution in [0, 0.1) is 0 Å². The van der Waals surface area contributed by atoms with Crippen molar-refractivity contribution in [3.05, 3.63) is 60.2 Å². The molecule has 148 valence electrons. The van der Waals surface area contributed by atoms with Crippen LogP contribution in [0.5, 0.6) is 0 Å². The van der Waals surface area contributed by atoms with Gasteiger partial charge in [0.25, 0.3) is 0 Å². The van der Waals surface area contributed by atoms with Crippen molar-refractivity contribution in [1.29, 1.82) is 0 Å². The van der Waals surface area contributed by atoms with E-state index in [2.05, 4.69) is 70.1 Å². The second-order valence-corrected chi connectivity index (χ2v) is 6.89. The summed E-state index contributed by atoms with van der Waals surface area (Å²) in [6.45, 7) is 4.54. The molecule has 0 radical (unpaired) electrons. The average molecular weight is 490 g/mol. The first-order valence-corrected chi connectivity index (χ1v) is 9.71. The van der Waals surface area contributed by atoms with E-state index >= 15 is 0 Å². The molecule has 6 nitrogen and oxygen atoms in total. The third-order valence-corrected chi connectivity index (χ3v) is 5.02. The van der Waals surface area contributed by atoms with E-state index in [0.29, 0.717) is 6.04 Å². The summed E-state index contributed by atoms with van der Waals surface area (Å²) < 4.78 is 1.99. The molecular formula is C21H27IN6. The van der Waals surface area contributed by atoms with Gasteiger partial charge in [-0.3, -0.25) is 4.99 Å². The Hall–Kier alpha value is -2.16. The van der Waals surface area contributed by atoms with Crippen molar-refractivity contribution >= 4 is 40.7 Å². The highest BCUT2D eigenvalue weighted by Gasteiger charge is 2.20. The van der Waals surface area contributed by atoms with Crippen LogP contribution in [-0.2, 0) is 19.4 Å². The summed E-state index contributed by atoms with van der Waals surface area (Å²) in [7, 11) is 0. The molecule has 0 aliphatic carbocycles. The van der Waals surface area contributed by atoms with E-state index in [1.54, 1.807) is 6.33 Å². The topological polar surface area (TPSA) is 67.1 Å². The summed E-state index contributed by atoms with van der Waals surface area (Å²) in [5.41, 5.74) is 1.35. The molecule has 1 aliphatic rings. The maximum Gasteiger partial charge on any atom is 0.191 e. The zero-order valence-electron chi connectivity index (χ0n) is 16.1. The molecule has 1 aromatic heterocycles. The fraction of sp³-hybridized carbons (Fsp3) is 0.381. The number of hydrogen-bond donors (Lipinski definition) is 2. The Labute approximate surface area is 182 Å². The van der Waals surface area contributed by atoms with Crippen LogP contribution in [0.15, 0.2) is 53.8 Å². The monoisotopic (exact) mass is 490 g/mol. The highest BCUT2D eigenvalue weighted by Crippen LogP contribution is 2.19. The summed E-state index contributed by atoms with van der Waals surface area (Å²) in [5, 5.41) is 13.8. The molecule has 1 unspecified atom stereocenters. The number of benzene rings is 2. The molecule has 3 aromatic rings. The normalized spacial score (nSPS) is 16.3. The van der Waals surface area contributed by atoms with E-state index in [4.69, 9.17) is 4.99 Å². The predicted molar refractivity (Wildman–Crippen MR) is 124 cm³/mol. The molecule has 7 heteroatoms. The van der Waals surface area contributed by atoms with E-state index in [-0.39, 0.29) is 24.0 Å². The quantitative estimate of drug-likeness (QED) is 0.328. The minimum atomic E-state index is 0. The zero-order valence-corrected chi connectivity index (χ0v) is 18.5. The number of guanidine groups is 1. The van der Waals surface area contributed by atoms with Crippen molar-refractivity contribution in [2.24, 2.45) is 4.99 Å². The molecule has 2 N–H and O–H groups in total. The predicted octanol–water partition coefficient (Wildman–Crippen LogP) is 3.16. The molecule has 0 saturated heterocycles. The number of nitrogens with one attached hydrogen (secondary N) is 2. The zero-order chi connectivity index (χ0) is 18.5. The Morgan fingerprint density at radius 1 is 1.21 bits per heavy atom. The molecule has 0 bridgehead atoms. The first-order chi connectivity index (χ1) is 13.3. The van der Waals surface area contributed by atoms with Crippen LogP contribution in [0.4, 0.5) is 0 Å². The number of nitrogens with zero attached hydrogens (tertiary/aromatic N) is 4. The number of aromatic nitrogens is 3. The molecule has 0 saturated carbocycles. The molecule has 2 aromatic carbocycles. The van der Waals surface area contributed by atoms with E-state index in [1.165, 1.54) is 16.3 Å². The molecular weight excluding hydrogens is 463 g/mol. The van der Waals surface area contributed by atoms with Crippen LogP contribution < -0.4 is 10.6 Å². The lowest BCUT2D eigenvalue weighted by Crippen LogP contribution is -2.47. The van der Waals surface area contributed by atoms with Gasteiger partial charge in [-0.05, 0) is 36.1 Å². The second kappa shape index (κ2) is 9.86. The van der Waals surface area contributed by atoms with Crippen molar-refractivity contribution < 1.29 is 0 Å². The molecule has 28 heavy (non-hydrogen) atoms. The first kappa shape index (κ1) is 20.6. The highest BCUT2D eigenvalue weighted by molar-refractivity contribution is 14.0. The summed E-state index contributed by atoms with van der Waals surface area (Å²) in [4.78, 5) is 9.10. The largest absolute Gasteiger partial charge is 0.357 e. The number of rotatable bonds is 5. The van der Waals surface area contributed by atoms with Crippen molar-refractivity contribution in [3.63, 3.8) is 0 Å². The average Bonchev–Trinajstić information content (AvgIpc) is 3.16. The summed E-state index contributed by atoms with van der Waals surface area (Å²) >= 11 is 0. The van der Waals surface area contributed by atoms with Gasteiger partial charge in [0.15, 0.2) is 5.96 Å². The lowest BCUT2D eigenvalue weighted by Gasteiger charge is -2.25. The minimum Gasteiger partial charge on any atom is -0.357 e. The summed E-state index contributed by atoms with van der Waals surface area (Å²) in [5.74, 6) is 1.96. The van der Waals surface area contributed by atoms with Crippen LogP contribution in [0.2, 0.25) is 0 Å². The Kier molecular flexibility index (Phi) is 7.24. The Morgan fingerprint density at radius 3 is 2.96 bits per heavy atom. The molecule has 2 heterocycles. The van der Waals surface area contributed by atoms with Crippen LogP contribution in [-0.4, -0.2) is 39.9 Å². The fourth-order valence-corrected chi connectivity index (χ4v) is 3.67. The van der Waals surface area contributed by atoms with Crippen molar-refractivity contribution in [1.82, 2.24) is 25.4 Å². The number of aryl methyl sites for hydroxylation is 1. The van der Waals surface area contributed by atoms with E-state index < -0.39 is 0 Å². The third kappa shape index (κ3) is 4.81. The van der Waals surface area contributed by atoms with Crippen LogP contribution >= 0.6 is 24.0 Å². The van der Waals surface area contributed by atoms with Gasteiger partial charge in [-0.2, -0.15) is 5.10 Å². The maximum absolute atomic E-state index is 4.80. The Bertz CT molecular complexity index is 930. The van der Waals surface area contributed by atoms with Gasteiger partial charge in [-0.15, -0.1) is 24.0 Å². The second-order valence-electron chi connectivity index (χ2n) is 6.89. The lowest BCUT2D eigenvalue weighted by atomic mass is 10.0. The van der Waals surface area contributed by atoms with Crippen LogP contribution in [0.25, 0.3) is 10.8 Å². The summed E-state index contributed by atoms with van der Waals surface area (Å²) in [6.07, 6.45) is 4.57. The molecule has 0 spiro atoms. The van der Waals surface area contributed by atoms with Gasteiger partial charge in [0, 0.05) is 25.6 Å². The lowest BCUT2D eigenvalue weighted by molar-refractivity contribution is 0.393. The number of hydrogen-bond acceptors (Lipinski definition) is 3. The van der Waals surface area contributed by atoms with Crippen molar-refractivity contribution in [2.75, 3.05) is 13.1 Å². The van der Waals surface area contributed by atoms with Gasteiger partial charge in [0.1, 0.15) is 12.2 Å². The summed E-state index contributed by atoms with van der Waals surface area (Å²) in [6, 6.07) is 15.4. The smallest absolute Gasteiger partial charge is 0.191 e. The van der Waals surface area contributed by atoms with Crippen LogP contribution in [0.1, 0.15) is 24.7 Å². The van der Waals surface area contributed by atoms with Gasteiger partial charge in [0.05, 0.1) is 6.54 Å². The van der Waals surface area contributed by atoms with E-state index in [1.807, 2.05) is 4.68 Å². The van der Waals surface area contributed by atoms with Crippen molar-refractivity contribution in [2.45, 2.75) is 38.8 Å². The number of fused-ring (bicyclic) bond motifs is 2. The van der Waals surface area contributed by atoms with E-state index in [0.717, 1.165) is 50.7 Å². The minimum absolute atomic E-state index is 0. The fourth-order valence-electron chi connectivity index (χ4n) is 3.67. The molecule has 1 aliphatic heterocycles. The van der Waals surface area contributed by atoms with Gasteiger partial charge in [0.2, 0.25) is 0 Å². The number of aliphatic imine (C=N–C) groups is 1. The molecule has 1 atom stereocenters. The van der Waals surface area contributed by atoms with Gasteiger partial charge in [-0.1, -0.05) is 42.5 Å². The standard InChI is InChI=1S/C21H26N6.HI/c1-2-22-21(26-18-10-11-20-24-15-25-27(20)14-18)23-13-12-17-8-5-7-16-6-3-4-9-19(16)17;/h3-9,15,18H,2,10-14H2,1H3,(H2,22,23,26);1H. The SMILES string of the molecule is CCNC(=NCCc1cccc2ccccc12)NC1CCc2ncnn2C1.I. The van der Waals surface area contributed by atoms with Crippen molar-refractivity contribution in [3.8, 4) is 0 Å².